The molecule has 3 nitrogen and oxygen atoms in total. The fourth-order valence-electron chi connectivity index (χ4n) is 1.33. The molecule has 0 aliphatic rings. The lowest BCUT2D eigenvalue weighted by atomic mass is 10.2. The smallest absolute Gasteiger partial charge is 0.138 e. The van der Waals surface area contributed by atoms with Gasteiger partial charge in [0.25, 0.3) is 0 Å². The van der Waals surface area contributed by atoms with Gasteiger partial charge in [0, 0.05) is 5.39 Å². The Labute approximate surface area is 104 Å². The number of hydrogen-bond donors (Lipinski definition) is 2. The zero-order chi connectivity index (χ0) is 11.5. The lowest BCUT2D eigenvalue weighted by Gasteiger charge is -2.06. The lowest BCUT2D eigenvalue weighted by molar-refractivity contribution is 1.41. The molecule has 2 rings (SSSR count). The van der Waals surface area contributed by atoms with E-state index in [9.17, 15) is 0 Å². The minimum atomic E-state index is 0.183. The molecule has 2 aromatic rings. The summed E-state index contributed by atoms with van der Waals surface area (Å²) < 4.78 is 0. The van der Waals surface area contributed by atoms with E-state index in [2.05, 4.69) is 10.3 Å². The van der Waals surface area contributed by atoms with Gasteiger partial charge < -0.3 is 11.1 Å². The van der Waals surface area contributed by atoms with Crippen LogP contribution in [0.2, 0.25) is 0 Å². The number of rotatable bonds is 1. The van der Waals surface area contributed by atoms with E-state index in [-0.39, 0.29) is 4.99 Å². The second kappa shape index (κ2) is 4.51. The standard InChI is InChI=1S/C11H9N3S2/c12-10(15)11(16)14-8-5-7-3-1-2-4-9(7)13-6-8/h1-6H,(H2,12,15)(H,14,16). The van der Waals surface area contributed by atoms with E-state index in [0.717, 1.165) is 16.6 Å². The van der Waals surface area contributed by atoms with Gasteiger partial charge in [-0.3, -0.25) is 4.98 Å². The van der Waals surface area contributed by atoms with E-state index in [1.807, 2.05) is 30.3 Å². The summed E-state index contributed by atoms with van der Waals surface area (Å²) in [4.78, 5) is 4.82. The number of nitrogens with two attached hydrogens (primary N) is 1. The molecule has 1 aromatic heterocycles. The topological polar surface area (TPSA) is 50.9 Å². The molecule has 0 bridgehead atoms. The highest BCUT2D eigenvalue weighted by atomic mass is 32.1. The normalized spacial score (nSPS) is 10.0. The highest BCUT2D eigenvalue weighted by Crippen LogP contribution is 2.15. The van der Waals surface area contributed by atoms with E-state index in [0.29, 0.717) is 4.99 Å². The van der Waals surface area contributed by atoms with Crippen LogP contribution in [-0.4, -0.2) is 15.0 Å². The largest absolute Gasteiger partial charge is 0.388 e. The Morgan fingerprint density at radius 1 is 1.25 bits per heavy atom. The van der Waals surface area contributed by atoms with Crippen molar-refractivity contribution in [2.75, 3.05) is 5.32 Å². The Balaban J connectivity index is 2.33. The molecule has 0 saturated carbocycles. The average Bonchev–Trinajstić information content (AvgIpc) is 2.28. The van der Waals surface area contributed by atoms with Crippen molar-refractivity contribution in [3.63, 3.8) is 0 Å². The number of anilines is 1. The van der Waals surface area contributed by atoms with Crippen LogP contribution in [-0.2, 0) is 0 Å². The molecule has 0 radical (unpaired) electrons. The fraction of sp³-hybridized carbons (Fsp3) is 0. The number of aromatic nitrogens is 1. The van der Waals surface area contributed by atoms with Crippen molar-refractivity contribution in [3.05, 3.63) is 36.5 Å². The summed E-state index contributed by atoms with van der Waals surface area (Å²) in [5, 5.41) is 3.98. The first-order valence-electron chi connectivity index (χ1n) is 4.62. The molecule has 0 aliphatic carbocycles. The highest BCUT2D eigenvalue weighted by Gasteiger charge is 2.01. The van der Waals surface area contributed by atoms with Crippen LogP contribution in [0.1, 0.15) is 0 Å². The van der Waals surface area contributed by atoms with Crippen LogP contribution in [0.25, 0.3) is 10.9 Å². The van der Waals surface area contributed by atoms with Crippen molar-refractivity contribution < 1.29 is 0 Å². The molecule has 80 valence electrons. The van der Waals surface area contributed by atoms with Crippen molar-refractivity contribution in [2.45, 2.75) is 0 Å². The minimum absolute atomic E-state index is 0.183. The predicted octanol–water partition coefficient (Wildman–Crippen LogP) is 2.26. The van der Waals surface area contributed by atoms with Gasteiger partial charge in [0.2, 0.25) is 0 Å². The first-order valence-corrected chi connectivity index (χ1v) is 5.44. The van der Waals surface area contributed by atoms with Gasteiger partial charge in [0.15, 0.2) is 0 Å². The average molecular weight is 247 g/mol. The van der Waals surface area contributed by atoms with Crippen LogP contribution < -0.4 is 11.1 Å². The van der Waals surface area contributed by atoms with Gasteiger partial charge >= 0.3 is 0 Å². The second-order valence-corrected chi connectivity index (χ2v) is 4.08. The number of nitrogens with one attached hydrogen (secondary N) is 1. The molecule has 0 unspecified atom stereocenters. The first-order chi connectivity index (χ1) is 7.66. The third-order valence-electron chi connectivity index (χ3n) is 2.07. The highest BCUT2D eigenvalue weighted by molar-refractivity contribution is 7.89. The van der Waals surface area contributed by atoms with E-state index < -0.39 is 0 Å². The summed E-state index contributed by atoms with van der Waals surface area (Å²) in [5.74, 6) is 0. The first kappa shape index (κ1) is 10.9. The molecule has 0 amide bonds. The molecule has 1 aromatic carbocycles. The summed E-state index contributed by atoms with van der Waals surface area (Å²) in [6, 6.07) is 9.79. The van der Waals surface area contributed by atoms with Crippen LogP contribution in [0.15, 0.2) is 36.5 Å². The molecule has 0 saturated heterocycles. The molecule has 0 atom stereocenters. The van der Waals surface area contributed by atoms with Crippen LogP contribution >= 0.6 is 24.4 Å². The third-order valence-corrected chi connectivity index (χ3v) is 2.73. The van der Waals surface area contributed by atoms with Gasteiger partial charge in [0.1, 0.15) is 9.98 Å². The molecule has 3 N–H and O–H groups in total. The molecule has 1 heterocycles. The summed E-state index contributed by atoms with van der Waals surface area (Å²) in [5.41, 5.74) is 7.13. The van der Waals surface area contributed by atoms with E-state index in [1.54, 1.807) is 6.20 Å². The van der Waals surface area contributed by atoms with Gasteiger partial charge in [0.05, 0.1) is 17.4 Å². The van der Waals surface area contributed by atoms with Gasteiger partial charge in [-0.1, -0.05) is 42.6 Å². The van der Waals surface area contributed by atoms with Crippen molar-refractivity contribution in [1.82, 2.24) is 4.98 Å². The zero-order valence-corrected chi connectivity index (χ0v) is 9.94. The van der Waals surface area contributed by atoms with Gasteiger partial charge in [-0.25, -0.2) is 0 Å². The number of benzene rings is 1. The van der Waals surface area contributed by atoms with Crippen LogP contribution in [0.4, 0.5) is 5.69 Å². The Morgan fingerprint density at radius 3 is 2.75 bits per heavy atom. The van der Waals surface area contributed by atoms with Crippen LogP contribution in [0, 0.1) is 0 Å². The Kier molecular flexibility index (Phi) is 3.07. The number of pyridine rings is 1. The second-order valence-electron chi connectivity index (χ2n) is 3.24. The predicted molar refractivity (Wildman–Crippen MR) is 74.7 cm³/mol. The molecule has 0 aliphatic heterocycles. The van der Waals surface area contributed by atoms with Crippen molar-refractivity contribution >= 4 is 51.0 Å². The van der Waals surface area contributed by atoms with Crippen LogP contribution in [0.3, 0.4) is 0 Å². The molecule has 0 fully saturated rings. The van der Waals surface area contributed by atoms with Crippen molar-refractivity contribution in [1.29, 1.82) is 0 Å². The van der Waals surface area contributed by atoms with Crippen LogP contribution in [0.5, 0.6) is 0 Å². The maximum atomic E-state index is 5.40. The SMILES string of the molecule is NC(=S)C(=S)Nc1cnc2ccccc2c1. The number of fused-ring (bicyclic) bond motifs is 1. The Hall–Kier alpha value is -1.59. The van der Waals surface area contributed by atoms with Crippen molar-refractivity contribution in [2.24, 2.45) is 5.73 Å². The van der Waals surface area contributed by atoms with Crippen molar-refractivity contribution in [3.8, 4) is 0 Å². The summed E-state index contributed by atoms with van der Waals surface area (Å²) in [6.45, 7) is 0. The molecular weight excluding hydrogens is 238 g/mol. The zero-order valence-electron chi connectivity index (χ0n) is 8.31. The van der Waals surface area contributed by atoms with E-state index in [4.69, 9.17) is 30.2 Å². The van der Waals surface area contributed by atoms with E-state index in [1.165, 1.54) is 0 Å². The van der Waals surface area contributed by atoms with Gasteiger partial charge in [-0.15, -0.1) is 0 Å². The number of nitrogens with zero attached hydrogens (tertiary/aromatic N) is 1. The summed E-state index contributed by atoms with van der Waals surface area (Å²) in [6.07, 6.45) is 1.70. The molecule has 5 heteroatoms. The Bertz CT molecular complexity index is 566. The van der Waals surface area contributed by atoms with E-state index >= 15 is 0 Å². The number of hydrogen-bond acceptors (Lipinski definition) is 3. The maximum absolute atomic E-state index is 5.40. The minimum Gasteiger partial charge on any atom is -0.388 e. The number of para-hydroxylation sites is 1. The molecular formula is C11H9N3S2. The summed E-state index contributed by atoms with van der Waals surface area (Å²) in [7, 11) is 0. The molecule has 16 heavy (non-hydrogen) atoms. The maximum Gasteiger partial charge on any atom is 0.138 e. The van der Waals surface area contributed by atoms with Gasteiger partial charge in [-0.05, 0) is 12.1 Å². The molecule has 0 spiro atoms. The number of thiocarbonyl (C=S) groups is 2. The third kappa shape index (κ3) is 2.32. The quantitative estimate of drug-likeness (QED) is 0.757. The fourth-order valence-corrected chi connectivity index (χ4v) is 1.50. The van der Waals surface area contributed by atoms with Gasteiger partial charge in [-0.2, -0.15) is 0 Å². The summed E-state index contributed by atoms with van der Waals surface area (Å²) >= 11 is 9.74. The lowest BCUT2D eigenvalue weighted by Crippen LogP contribution is -2.25. The Morgan fingerprint density at radius 2 is 2.00 bits per heavy atom. The monoisotopic (exact) mass is 247 g/mol.